The van der Waals surface area contributed by atoms with Gasteiger partial charge in [0.1, 0.15) is 10.6 Å². The van der Waals surface area contributed by atoms with Crippen LogP contribution >= 0.6 is 12.4 Å². The number of alkyl halides is 2. The molecule has 0 fully saturated rings. The highest BCUT2D eigenvalue weighted by Crippen LogP contribution is 2.28. The summed E-state index contributed by atoms with van der Waals surface area (Å²) in [5.41, 5.74) is 6.50. The summed E-state index contributed by atoms with van der Waals surface area (Å²) in [5.74, 6) is -0.376. The molecule has 26 heavy (non-hydrogen) atoms. The van der Waals surface area contributed by atoms with E-state index in [1.165, 1.54) is 28.6 Å². The van der Waals surface area contributed by atoms with Gasteiger partial charge in [0.05, 0.1) is 0 Å². The predicted molar refractivity (Wildman–Crippen MR) is 98.3 cm³/mol. The van der Waals surface area contributed by atoms with E-state index in [2.05, 4.69) is 4.74 Å². The molecule has 2 N–H and O–H groups in total. The van der Waals surface area contributed by atoms with Crippen LogP contribution in [0.15, 0.2) is 59.5 Å². The summed E-state index contributed by atoms with van der Waals surface area (Å²) < 4.78 is 56.4. The van der Waals surface area contributed by atoms with Crippen molar-refractivity contribution in [1.29, 1.82) is 0 Å². The Labute approximate surface area is 158 Å². The van der Waals surface area contributed by atoms with Crippen molar-refractivity contribution in [2.75, 3.05) is 19.6 Å². The first-order valence-corrected chi connectivity index (χ1v) is 9.17. The third kappa shape index (κ3) is 5.91. The monoisotopic (exact) mass is 406 g/mol. The smallest absolute Gasteiger partial charge is 0.387 e. The van der Waals surface area contributed by atoms with Crippen LogP contribution in [0.2, 0.25) is 0 Å². The van der Waals surface area contributed by atoms with E-state index >= 15 is 0 Å². The molecule has 0 atom stereocenters. The van der Waals surface area contributed by atoms with E-state index in [9.17, 15) is 17.2 Å². The number of nitrogens with two attached hydrogens (primary N) is 1. The second-order valence-electron chi connectivity index (χ2n) is 5.25. The van der Waals surface area contributed by atoms with E-state index in [4.69, 9.17) is 5.73 Å². The van der Waals surface area contributed by atoms with Gasteiger partial charge in [0.15, 0.2) is 0 Å². The van der Waals surface area contributed by atoms with Crippen LogP contribution < -0.4 is 10.5 Å². The largest absolute Gasteiger partial charge is 0.433 e. The van der Waals surface area contributed by atoms with Gasteiger partial charge in [-0.05, 0) is 24.1 Å². The minimum Gasteiger partial charge on any atom is -0.433 e. The van der Waals surface area contributed by atoms with E-state index < -0.39 is 16.6 Å². The van der Waals surface area contributed by atoms with Crippen LogP contribution in [-0.4, -0.2) is 39.0 Å². The van der Waals surface area contributed by atoms with Gasteiger partial charge in [0, 0.05) is 19.6 Å². The van der Waals surface area contributed by atoms with Crippen LogP contribution in [0.1, 0.15) is 5.56 Å². The fourth-order valence-electron chi connectivity index (χ4n) is 2.39. The minimum atomic E-state index is -4.01. The molecule has 2 aromatic rings. The average molecular weight is 407 g/mol. The van der Waals surface area contributed by atoms with Crippen molar-refractivity contribution in [2.45, 2.75) is 17.9 Å². The van der Waals surface area contributed by atoms with E-state index in [1.807, 2.05) is 30.3 Å². The molecule has 144 valence electrons. The maximum atomic E-state index is 12.9. The lowest BCUT2D eigenvalue weighted by atomic mass is 10.1. The molecule has 0 saturated heterocycles. The van der Waals surface area contributed by atoms with Gasteiger partial charge in [0.2, 0.25) is 10.0 Å². The molecule has 0 heterocycles. The zero-order valence-corrected chi connectivity index (χ0v) is 15.6. The molecule has 0 bridgehead atoms. The van der Waals surface area contributed by atoms with Crippen molar-refractivity contribution in [1.82, 2.24) is 4.31 Å². The second-order valence-corrected chi connectivity index (χ2v) is 7.16. The van der Waals surface area contributed by atoms with Crippen LogP contribution in [0, 0.1) is 0 Å². The Morgan fingerprint density at radius 3 is 2.23 bits per heavy atom. The number of ether oxygens (including phenoxy) is 1. The van der Waals surface area contributed by atoms with Gasteiger partial charge in [-0.3, -0.25) is 0 Å². The van der Waals surface area contributed by atoms with Crippen molar-refractivity contribution in [2.24, 2.45) is 5.73 Å². The highest BCUT2D eigenvalue weighted by molar-refractivity contribution is 7.89. The van der Waals surface area contributed by atoms with Crippen LogP contribution in [-0.2, 0) is 16.4 Å². The summed E-state index contributed by atoms with van der Waals surface area (Å²) >= 11 is 0. The summed E-state index contributed by atoms with van der Waals surface area (Å²) in [5, 5.41) is 0. The molecule has 0 amide bonds. The first-order chi connectivity index (χ1) is 11.9. The van der Waals surface area contributed by atoms with Crippen molar-refractivity contribution in [3.63, 3.8) is 0 Å². The number of halogens is 3. The molecule has 2 aromatic carbocycles. The summed E-state index contributed by atoms with van der Waals surface area (Å²) in [6.45, 7) is -2.72. The molecule has 0 spiro atoms. The summed E-state index contributed by atoms with van der Waals surface area (Å²) in [4.78, 5) is -0.295. The molecule has 0 saturated carbocycles. The van der Waals surface area contributed by atoms with Crippen LogP contribution in [0.3, 0.4) is 0 Å². The van der Waals surface area contributed by atoms with Crippen LogP contribution in [0.4, 0.5) is 8.78 Å². The zero-order chi connectivity index (χ0) is 18.3. The first kappa shape index (κ1) is 22.3. The van der Waals surface area contributed by atoms with Crippen LogP contribution in [0.5, 0.6) is 5.75 Å². The quantitative estimate of drug-likeness (QED) is 0.695. The standard InChI is InChI=1S/C17H20F2N2O3S.ClH/c18-17(19)24-15-8-4-5-9-16(15)25(22,23)21(13-11-20)12-10-14-6-2-1-3-7-14;/h1-9,17H,10-13,20H2;1H. The maximum Gasteiger partial charge on any atom is 0.387 e. The van der Waals surface area contributed by atoms with Gasteiger partial charge in [-0.25, -0.2) is 8.42 Å². The predicted octanol–water partition coefficient (Wildman–Crippen LogP) is 2.90. The minimum absolute atomic E-state index is 0. The molecule has 2 rings (SSSR count). The Hall–Kier alpha value is -1.74. The number of rotatable bonds is 9. The van der Waals surface area contributed by atoms with E-state index in [1.54, 1.807) is 0 Å². The Morgan fingerprint density at radius 2 is 1.62 bits per heavy atom. The number of hydrogen-bond acceptors (Lipinski definition) is 4. The van der Waals surface area contributed by atoms with E-state index in [0.717, 1.165) is 5.56 Å². The Bertz CT molecular complexity index is 777. The SMILES string of the molecule is Cl.NCCN(CCc1ccccc1)S(=O)(=O)c1ccccc1OC(F)F. The van der Waals surface area contributed by atoms with E-state index in [-0.39, 0.29) is 42.7 Å². The normalized spacial score (nSPS) is 11.4. The number of benzene rings is 2. The van der Waals surface area contributed by atoms with Crippen molar-refractivity contribution >= 4 is 22.4 Å². The first-order valence-electron chi connectivity index (χ1n) is 7.73. The van der Waals surface area contributed by atoms with Crippen LogP contribution in [0.25, 0.3) is 0 Å². The zero-order valence-electron chi connectivity index (χ0n) is 13.9. The number of nitrogens with zero attached hydrogens (tertiary/aromatic N) is 1. The molecule has 0 aliphatic heterocycles. The average Bonchev–Trinajstić information content (AvgIpc) is 2.59. The van der Waals surface area contributed by atoms with Gasteiger partial charge in [-0.2, -0.15) is 13.1 Å². The molecule has 0 unspecified atom stereocenters. The molecule has 0 radical (unpaired) electrons. The third-order valence-electron chi connectivity index (χ3n) is 3.55. The summed E-state index contributed by atoms with van der Waals surface area (Å²) in [6.07, 6.45) is 0.484. The second kappa shape index (κ2) is 10.4. The lowest BCUT2D eigenvalue weighted by Gasteiger charge is -2.23. The van der Waals surface area contributed by atoms with Gasteiger partial charge in [0.25, 0.3) is 0 Å². The number of hydrogen-bond donors (Lipinski definition) is 1. The van der Waals surface area contributed by atoms with Gasteiger partial charge >= 0.3 is 6.61 Å². The Balaban J connectivity index is 0.00000338. The maximum absolute atomic E-state index is 12.9. The van der Waals surface area contributed by atoms with Crippen molar-refractivity contribution < 1.29 is 21.9 Å². The lowest BCUT2D eigenvalue weighted by molar-refractivity contribution is -0.0517. The molecular formula is C17H21ClF2N2O3S. The summed E-state index contributed by atoms with van der Waals surface area (Å²) in [6, 6.07) is 14.7. The fraction of sp³-hybridized carbons (Fsp3) is 0.294. The van der Waals surface area contributed by atoms with Crippen molar-refractivity contribution in [3.8, 4) is 5.75 Å². The highest BCUT2D eigenvalue weighted by atomic mass is 35.5. The highest BCUT2D eigenvalue weighted by Gasteiger charge is 2.27. The molecular weight excluding hydrogens is 386 g/mol. The molecule has 0 aliphatic rings. The Kier molecular flexibility index (Phi) is 8.94. The Morgan fingerprint density at radius 1 is 1.00 bits per heavy atom. The van der Waals surface area contributed by atoms with Gasteiger partial charge in [-0.15, -0.1) is 12.4 Å². The number of sulfonamides is 1. The van der Waals surface area contributed by atoms with E-state index in [0.29, 0.717) is 6.42 Å². The number of para-hydroxylation sites is 1. The summed E-state index contributed by atoms with van der Waals surface area (Å²) in [7, 11) is -4.01. The third-order valence-corrected chi connectivity index (χ3v) is 5.49. The molecule has 0 aliphatic carbocycles. The van der Waals surface area contributed by atoms with Gasteiger partial charge in [-0.1, -0.05) is 42.5 Å². The fourth-order valence-corrected chi connectivity index (χ4v) is 3.97. The van der Waals surface area contributed by atoms with Crippen molar-refractivity contribution in [3.05, 3.63) is 60.2 Å². The van der Waals surface area contributed by atoms with Gasteiger partial charge < -0.3 is 10.5 Å². The molecule has 5 nitrogen and oxygen atoms in total. The topological polar surface area (TPSA) is 72.6 Å². The molecule has 9 heteroatoms. The lowest BCUT2D eigenvalue weighted by Crippen LogP contribution is -2.37. The molecule has 0 aromatic heterocycles.